The smallest absolute Gasteiger partial charge is 0.189 e. The average Bonchev–Trinajstić information content (AvgIpc) is 2.00. The molecule has 0 aliphatic rings. The Balaban J connectivity index is 3.36. The van der Waals surface area contributed by atoms with Gasteiger partial charge in [-0.2, -0.15) is 0 Å². The lowest BCUT2D eigenvalue weighted by Gasteiger charge is -2.05. The molecule has 0 bridgehead atoms. The SMILES string of the molecule is CCCCC(=O)SC(C)CC. The molecular formula is C9H18OS. The third kappa shape index (κ3) is 6.42. The highest BCUT2D eigenvalue weighted by molar-refractivity contribution is 8.14. The highest BCUT2D eigenvalue weighted by Crippen LogP contribution is 2.17. The summed E-state index contributed by atoms with van der Waals surface area (Å²) >= 11 is 1.50. The molecule has 1 nitrogen and oxygen atoms in total. The van der Waals surface area contributed by atoms with Crippen molar-refractivity contribution in [2.45, 2.75) is 51.7 Å². The van der Waals surface area contributed by atoms with E-state index in [1.54, 1.807) is 0 Å². The highest BCUT2D eigenvalue weighted by Gasteiger charge is 2.06. The van der Waals surface area contributed by atoms with Gasteiger partial charge in [-0.15, -0.1) is 0 Å². The molecule has 0 spiro atoms. The maximum atomic E-state index is 11.1. The first kappa shape index (κ1) is 11.0. The number of carbonyl (C=O) groups is 1. The van der Waals surface area contributed by atoms with Crippen LogP contribution in [-0.4, -0.2) is 10.4 Å². The van der Waals surface area contributed by atoms with Crippen LogP contribution in [0.1, 0.15) is 46.5 Å². The Morgan fingerprint density at radius 1 is 1.45 bits per heavy atom. The quantitative estimate of drug-likeness (QED) is 0.636. The number of hydrogen-bond acceptors (Lipinski definition) is 2. The molecule has 0 rings (SSSR count). The van der Waals surface area contributed by atoms with Crippen LogP contribution in [-0.2, 0) is 4.79 Å². The van der Waals surface area contributed by atoms with Crippen LogP contribution < -0.4 is 0 Å². The van der Waals surface area contributed by atoms with Crippen molar-refractivity contribution >= 4 is 16.9 Å². The predicted octanol–water partition coefficient (Wildman–Crippen LogP) is 3.23. The molecule has 0 aliphatic carbocycles. The van der Waals surface area contributed by atoms with E-state index in [0.29, 0.717) is 10.4 Å². The predicted molar refractivity (Wildman–Crippen MR) is 51.9 cm³/mol. The maximum absolute atomic E-state index is 11.1. The Hall–Kier alpha value is 0.0200. The van der Waals surface area contributed by atoms with Gasteiger partial charge in [-0.3, -0.25) is 4.79 Å². The van der Waals surface area contributed by atoms with Gasteiger partial charge >= 0.3 is 0 Å². The van der Waals surface area contributed by atoms with E-state index in [2.05, 4.69) is 20.8 Å². The summed E-state index contributed by atoms with van der Waals surface area (Å²) in [5, 5.41) is 0.862. The van der Waals surface area contributed by atoms with Crippen molar-refractivity contribution in [1.29, 1.82) is 0 Å². The maximum Gasteiger partial charge on any atom is 0.189 e. The number of unbranched alkanes of at least 4 members (excludes halogenated alkanes) is 1. The molecular weight excluding hydrogens is 156 g/mol. The van der Waals surface area contributed by atoms with Crippen molar-refractivity contribution in [2.24, 2.45) is 0 Å². The summed E-state index contributed by atoms with van der Waals surface area (Å²) in [5.41, 5.74) is 0. The summed E-state index contributed by atoms with van der Waals surface area (Å²) in [4.78, 5) is 11.1. The van der Waals surface area contributed by atoms with E-state index >= 15 is 0 Å². The third-order valence-electron chi connectivity index (χ3n) is 1.64. The van der Waals surface area contributed by atoms with Gasteiger partial charge in [0.05, 0.1) is 0 Å². The van der Waals surface area contributed by atoms with Crippen LogP contribution in [0.5, 0.6) is 0 Å². The van der Waals surface area contributed by atoms with Crippen LogP contribution in [0.25, 0.3) is 0 Å². The molecule has 0 N–H and O–H groups in total. The van der Waals surface area contributed by atoms with Crippen LogP contribution in [0.4, 0.5) is 0 Å². The van der Waals surface area contributed by atoms with Crippen molar-refractivity contribution in [1.82, 2.24) is 0 Å². The number of carbonyl (C=O) groups excluding carboxylic acids is 1. The Kier molecular flexibility index (Phi) is 6.73. The second kappa shape index (κ2) is 6.71. The summed E-state index contributed by atoms with van der Waals surface area (Å²) in [7, 11) is 0. The summed E-state index contributed by atoms with van der Waals surface area (Å²) in [6.45, 7) is 6.33. The van der Waals surface area contributed by atoms with Gasteiger partial charge in [0, 0.05) is 11.7 Å². The molecule has 0 aromatic carbocycles. The summed E-state index contributed by atoms with van der Waals surface area (Å²) in [5.74, 6) is 0. The van der Waals surface area contributed by atoms with Crippen LogP contribution in [0, 0.1) is 0 Å². The fourth-order valence-corrected chi connectivity index (χ4v) is 1.57. The Morgan fingerprint density at radius 3 is 2.55 bits per heavy atom. The molecule has 0 amide bonds. The minimum absolute atomic E-state index is 0.362. The van der Waals surface area contributed by atoms with Gasteiger partial charge < -0.3 is 0 Å². The fourth-order valence-electron chi connectivity index (χ4n) is 0.688. The number of hydrogen-bond donors (Lipinski definition) is 0. The van der Waals surface area contributed by atoms with E-state index in [9.17, 15) is 4.79 Å². The molecule has 66 valence electrons. The van der Waals surface area contributed by atoms with Crippen LogP contribution in [0.15, 0.2) is 0 Å². The Bertz CT molecular complexity index is 112. The zero-order valence-corrected chi connectivity index (χ0v) is 8.54. The van der Waals surface area contributed by atoms with Gasteiger partial charge in [0.25, 0.3) is 0 Å². The first-order valence-corrected chi connectivity index (χ1v) is 5.28. The average molecular weight is 174 g/mol. The number of thioether (sulfide) groups is 1. The Morgan fingerprint density at radius 2 is 2.09 bits per heavy atom. The van der Waals surface area contributed by atoms with E-state index in [-0.39, 0.29) is 0 Å². The third-order valence-corrected chi connectivity index (χ3v) is 2.84. The first-order chi connectivity index (χ1) is 5.20. The van der Waals surface area contributed by atoms with Crippen molar-refractivity contribution in [3.8, 4) is 0 Å². The lowest BCUT2D eigenvalue weighted by atomic mass is 10.3. The molecule has 0 aliphatic heterocycles. The molecule has 1 atom stereocenters. The summed E-state index contributed by atoms with van der Waals surface area (Å²) in [6.07, 6.45) is 4.00. The molecule has 0 aromatic heterocycles. The number of rotatable bonds is 5. The van der Waals surface area contributed by atoms with E-state index in [4.69, 9.17) is 0 Å². The van der Waals surface area contributed by atoms with Gasteiger partial charge in [0.15, 0.2) is 5.12 Å². The van der Waals surface area contributed by atoms with E-state index < -0.39 is 0 Å². The van der Waals surface area contributed by atoms with Gasteiger partial charge in [-0.1, -0.05) is 39.0 Å². The van der Waals surface area contributed by atoms with Crippen molar-refractivity contribution in [2.75, 3.05) is 0 Å². The van der Waals surface area contributed by atoms with E-state index in [1.165, 1.54) is 11.8 Å². The minimum atomic E-state index is 0.362. The van der Waals surface area contributed by atoms with E-state index in [1.807, 2.05) is 0 Å². The van der Waals surface area contributed by atoms with Crippen LogP contribution in [0.2, 0.25) is 0 Å². The molecule has 0 saturated heterocycles. The topological polar surface area (TPSA) is 17.1 Å². The van der Waals surface area contributed by atoms with Gasteiger partial charge in [-0.05, 0) is 12.8 Å². The largest absolute Gasteiger partial charge is 0.287 e. The van der Waals surface area contributed by atoms with Gasteiger partial charge in [-0.25, -0.2) is 0 Å². The molecule has 2 heteroatoms. The molecule has 0 radical (unpaired) electrons. The van der Waals surface area contributed by atoms with Gasteiger partial charge in [0.2, 0.25) is 0 Å². The zero-order valence-electron chi connectivity index (χ0n) is 7.72. The lowest BCUT2D eigenvalue weighted by Crippen LogP contribution is -2.00. The monoisotopic (exact) mass is 174 g/mol. The fraction of sp³-hybridized carbons (Fsp3) is 0.889. The van der Waals surface area contributed by atoms with Crippen LogP contribution in [0.3, 0.4) is 0 Å². The molecule has 1 unspecified atom stereocenters. The minimum Gasteiger partial charge on any atom is -0.287 e. The molecule has 0 saturated carbocycles. The van der Waals surface area contributed by atoms with Gasteiger partial charge in [0.1, 0.15) is 0 Å². The standard InChI is InChI=1S/C9H18OS/c1-4-6-7-9(10)11-8(3)5-2/h8H,4-7H2,1-3H3. The van der Waals surface area contributed by atoms with Crippen molar-refractivity contribution < 1.29 is 4.79 Å². The second-order valence-corrected chi connectivity index (χ2v) is 4.31. The summed E-state index contributed by atoms with van der Waals surface area (Å²) in [6, 6.07) is 0. The highest BCUT2D eigenvalue weighted by atomic mass is 32.2. The zero-order chi connectivity index (χ0) is 8.69. The van der Waals surface area contributed by atoms with E-state index in [0.717, 1.165) is 25.7 Å². The normalized spacial score (nSPS) is 13.0. The second-order valence-electron chi connectivity index (χ2n) is 2.81. The molecule has 11 heavy (non-hydrogen) atoms. The van der Waals surface area contributed by atoms with Crippen LogP contribution >= 0.6 is 11.8 Å². The summed E-state index contributed by atoms with van der Waals surface area (Å²) < 4.78 is 0. The molecule has 0 aromatic rings. The first-order valence-electron chi connectivity index (χ1n) is 4.40. The molecule has 0 heterocycles. The lowest BCUT2D eigenvalue weighted by molar-refractivity contribution is -0.111. The van der Waals surface area contributed by atoms with Crippen molar-refractivity contribution in [3.05, 3.63) is 0 Å². The molecule has 0 fully saturated rings. The Labute approximate surface area is 73.9 Å². The van der Waals surface area contributed by atoms with Crippen molar-refractivity contribution in [3.63, 3.8) is 0 Å².